The highest BCUT2D eigenvalue weighted by atomic mass is 16.5. The van der Waals surface area contributed by atoms with Gasteiger partial charge < -0.3 is 20.5 Å². The number of carbonyl (C=O) groups excluding carboxylic acids is 1. The molecule has 1 fully saturated rings. The number of nitrogens with one attached hydrogen (secondary N) is 1. The van der Waals surface area contributed by atoms with Crippen molar-refractivity contribution in [3.05, 3.63) is 78.1 Å². The van der Waals surface area contributed by atoms with Crippen LogP contribution in [0.4, 0.5) is 5.82 Å². The number of hydrogen-bond acceptors (Lipinski definition) is 8. The summed E-state index contributed by atoms with van der Waals surface area (Å²) in [5.41, 5.74) is 9.79. The molecule has 192 valence electrons. The number of amidine groups is 1. The van der Waals surface area contributed by atoms with Crippen LogP contribution in [0.5, 0.6) is 0 Å². The van der Waals surface area contributed by atoms with Gasteiger partial charge in [0.15, 0.2) is 0 Å². The van der Waals surface area contributed by atoms with Crippen LogP contribution in [-0.4, -0.2) is 48.0 Å². The van der Waals surface area contributed by atoms with Gasteiger partial charge in [0.25, 0.3) is 0 Å². The number of aliphatic imine (C=N–C) groups is 1. The van der Waals surface area contributed by atoms with Crippen molar-refractivity contribution in [3.63, 3.8) is 0 Å². The zero-order chi connectivity index (χ0) is 26.6. The lowest BCUT2D eigenvalue weighted by Gasteiger charge is -2.22. The summed E-state index contributed by atoms with van der Waals surface area (Å²) in [5, 5.41) is 3.20. The summed E-state index contributed by atoms with van der Waals surface area (Å²) in [6.07, 6.45) is 8.17. The van der Waals surface area contributed by atoms with Gasteiger partial charge in [0, 0.05) is 32.1 Å². The highest BCUT2D eigenvalue weighted by molar-refractivity contribution is 6.27. The van der Waals surface area contributed by atoms with Crippen molar-refractivity contribution in [2.45, 2.75) is 37.7 Å². The van der Waals surface area contributed by atoms with Gasteiger partial charge in [-0.05, 0) is 43.9 Å². The Morgan fingerprint density at radius 1 is 1.08 bits per heavy atom. The van der Waals surface area contributed by atoms with Crippen LogP contribution >= 0.6 is 0 Å². The maximum absolute atomic E-state index is 12.2. The van der Waals surface area contributed by atoms with Crippen molar-refractivity contribution < 1.29 is 14.3 Å². The van der Waals surface area contributed by atoms with E-state index in [0.717, 1.165) is 29.5 Å². The Labute approximate surface area is 216 Å². The SMILES string of the molecule is CN=C(Nc1cncc(C(C)(C)OC)n1)C(=CN)c1ccc(-c2ccc(C3(C(=O)OC)CC3)cc2)cn1. The Morgan fingerprint density at radius 2 is 1.78 bits per heavy atom. The monoisotopic (exact) mass is 500 g/mol. The average Bonchev–Trinajstić information content (AvgIpc) is 3.75. The number of carbonyl (C=O) groups is 1. The molecule has 0 saturated heterocycles. The fourth-order valence-corrected chi connectivity index (χ4v) is 4.11. The lowest BCUT2D eigenvalue weighted by atomic mass is 9.94. The van der Waals surface area contributed by atoms with Crippen molar-refractivity contribution in [1.82, 2.24) is 15.0 Å². The molecule has 4 rings (SSSR count). The van der Waals surface area contributed by atoms with Gasteiger partial charge in [-0.15, -0.1) is 0 Å². The molecule has 0 amide bonds. The van der Waals surface area contributed by atoms with Crippen LogP contribution in [0.1, 0.15) is 43.6 Å². The van der Waals surface area contributed by atoms with Crippen LogP contribution in [0, 0.1) is 0 Å². The van der Waals surface area contributed by atoms with Gasteiger partial charge in [0.2, 0.25) is 0 Å². The van der Waals surface area contributed by atoms with Crippen LogP contribution in [0.25, 0.3) is 16.7 Å². The summed E-state index contributed by atoms with van der Waals surface area (Å²) < 4.78 is 10.5. The van der Waals surface area contributed by atoms with Crippen molar-refractivity contribution in [2.75, 3.05) is 26.6 Å². The van der Waals surface area contributed by atoms with Gasteiger partial charge in [0.1, 0.15) is 17.3 Å². The summed E-state index contributed by atoms with van der Waals surface area (Å²) >= 11 is 0. The molecule has 3 aromatic rings. The number of pyridine rings is 1. The lowest BCUT2D eigenvalue weighted by molar-refractivity contribution is -0.143. The second-order valence-electron chi connectivity index (χ2n) is 9.36. The lowest BCUT2D eigenvalue weighted by Crippen LogP contribution is -2.23. The molecule has 2 aromatic heterocycles. The Morgan fingerprint density at radius 3 is 2.32 bits per heavy atom. The number of benzene rings is 1. The summed E-state index contributed by atoms with van der Waals surface area (Å²) in [6.45, 7) is 3.84. The fourth-order valence-electron chi connectivity index (χ4n) is 4.11. The third-order valence-electron chi connectivity index (χ3n) is 6.79. The molecule has 0 spiro atoms. The number of rotatable bonds is 8. The number of nitrogens with zero attached hydrogens (tertiary/aromatic N) is 4. The summed E-state index contributed by atoms with van der Waals surface area (Å²) in [4.78, 5) is 30.1. The van der Waals surface area contributed by atoms with Gasteiger partial charge in [-0.25, -0.2) is 4.98 Å². The number of esters is 1. The molecule has 0 atom stereocenters. The predicted molar refractivity (Wildman–Crippen MR) is 144 cm³/mol. The molecular weight excluding hydrogens is 468 g/mol. The van der Waals surface area contributed by atoms with E-state index in [4.69, 9.17) is 15.2 Å². The molecule has 9 nitrogen and oxygen atoms in total. The molecule has 1 aromatic carbocycles. The first-order chi connectivity index (χ1) is 17.8. The predicted octanol–water partition coefficient (Wildman–Crippen LogP) is 4.06. The van der Waals surface area contributed by atoms with Crippen LogP contribution in [0.2, 0.25) is 0 Å². The maximum Gasteiger partial charge on any atom is 0.316 e. The maximum atomic E-state index is 12.2. The quantitative estimate of drug-likeness (QED) is 0.269. The smallest absolute Gasteiger partial charge is 0.316 e. The minimum absolute atomic E-state index is 0.172. The number of aromatic nitrogens is 3. The van der Waals surface area contributed by atoms with Gasteiger partial charge >= 0.3 is 5.97 Å². The first kappa shape index (κ1) is 26.0. The molecule has 1 aliphatic carbocycles. The van der Waals surface area contributed by atoms with Crippen molar-refractivity contribution in [2.24, 2.45) is 10.7 Å². The minimum atomic E-state index is -0.588. The highest BCUT2D eigenvalue weighted by Crippen LogP contribution is 2.49. The molecule has 0 radical (unpaired) electrons. The molecule has 0 unspecified atom stereocenters. The molecule has 1 saturated carbocycles. The normalized spacial score (nSPS) is 15.3. The van der Waals surface area contributed by atoms with Gasteiger partial charge in [0.05, 0.1) is 41.9 Å². The number of nitrogens with two attached hydrogens (primary N) is 1. The van der Waals surface area contributed by atoms with Crippen LogP contribution < -0.4 is 11.1 Å². The van der Waals surface area contributed by atoms with Crippen molar-refractivity contribution in [3.8, 4) is 11.1 Å². The first-order valence-electron chi connectivity index (χ1n) is 12.0. The third-order valence-corrected chi connectivity index (χ3v) is 6.79. The van der Waals surface area contributed by atoms with Crippen LogP contribution in [-0.2, 0) is 25.3 Å². The zero-order valence-corrected chi connectivity index (χ0v) is 21.8. The van der Waals surface area contributed by atoms with E-state index < -0.39 is 11.0 Å². The first-order valence-corrected chi connectivity index (χ1v) is 12.0. The van der Waals surface area contributed by atoms with Gasteiger partial charge in [-0.2, -0.15) is 0 Å². The number of ether oxygens (including phenoxy) is 2. The Balaban J connectivity index is 1.52. The molecule has 37 heavy (non-hydrogen) atoms. The summed E-state index contributed by atoms with van der Waals surface area (Å²) in [5.74, 6) is 0.848. The van der Waals surface area contributed by atoms with Gasteiger partial charge in [-0.1, -0.05) is 30.3 Å². The highest BCUT2D eigenvalue weighted by Gasteiger charge is 2.52. The molecule has 2 heterocycles. The second-order valence-corrected chi connectivity index (χ2v) is 9.36. The Kier molecular flexibility index (Phi) is 7.35. The van der Waals surface area contributed by atoms with E-state index in [2.05, 4.69) is 25.3 Å². The fraction of sp³-hybridized carbons (Fsp3) is 0.321. The summed E-state index contributed by atoms with van der Waals surface area (Å²) in [6, 6.07) is 11.9. The minimum Gasteiger partial charge on any atom is -0.468 e. The largest absolute Gasteiger partial charge is 0.468 e. The van der Waals surface area contributed by atoms with Crippen LogP contribution in [0.3, 0.4) is 0 Å². The second kappa shape index (κ2) is 10.5. The molecule has 0 aliphatic heterocycles. The standard InChI is InChI=1S/C28H32N6O3/c1-27(2,37-5)23-16-31-17-24(33-23)34-25(30-3)21(14-29)22-11-8-19(15-32-22)18-6-9-20(10-7-18)28(12-13-28)26(35)36-4/h6-11,14-17H,12-13,29H2,1-5H3,(H,30,33,34). The number of methoxy groups -OCH3 is 2. The summed E-state index contributed by atoms with van der Waals surface area (Å²) in [7, 11) is 4.73. The Bertz CT molecular complexity index is 1330. The van der Waals surface area contributed by atoms with Gasteiger partial charge in [-0.3, -0.25) is 19.8 Å². The van der Waals surface area contributed by atoms with E-state index in [9.17, 15) is 4.79 Å². The van der Waals surface area contributed by atoms with E-state index in [1.165, 1.54) is 13.3 Å². The number of hydrogen-bond donors (Lipinski definition) is 2. The van der Waals surface area contributed by atoms with Crippen molar-refractivity contribution in [1.29, 1.82) is 0 Å². The van der Waals surface area contributed by atoms with E-state index in [1.807, 2.05) is 50.2 Å². The molecule has 0 bridgehead atoms. The topological polar surface area (TPSA) is 125 Å². The average molecular weight is 501 g/mol. The van der Waals surface area contributed by atoms with Crippen molar-refractivity contribution >= 4 is 23.2 Å². The van der Waals surface area contributed by atoms with E-state index >= 15 is 0 Å². The van der Waals surface area contributed by atoms with Crippen LogP contribution in [0.15, 0.2) is 66.2 Å². The number of anilines is 1. The van der Waals surface area contributed by atoms with E-state index in [0.29, 0.717) is 28.6 Å². The zero-order valence-electron chi connectivity index (χ0n) is 21.8. The van der Waals surface area contributed by atoms with E-state index in [1.54, 1.807) is 32.7 Å². The molecule has 3 N–H and O–H groups in total. The van der Waals surface area contributed by atoms with E-state index in [-0.39, 0.29) is 5.97 Å². The molecule has 1 aliphatic rings. The third kappa shape index (κ3) is 5.22. The Hall–Kier alpha value is -4.11. The molecule has 9 heteroatoms. The molecular formula is C28H32N6O3.